The van der Waals surface area contributed by atoms with Gasteiger partial charge >= 0.3 is 12.1 Å². The zero-order valence-corrected chi connectivity index (χ0v) is 17.7. The van der Waals surface area contributed by atoms with Crippen LogP contribution in [0.1, 0.15) is 37.1 Å². The average molecular weight is 462 g/mol. The lowest BCUT2D eigenvalue weighted by Crippen LogP contribution is -2.34. The van der Waals surface area contributed by atoms with Crippen LogP contribution in [0.15, 0.2) is 24.4 Å². The van der Waals surface area contributed by atoms with Crippen LogP contribution in [0.5, 0.6) is 5.75 Å². The molecule has 1 aliphatic rings. The molecule has 1 saturated heterocycles. The number of aliphatic hydroxyl groups excluding tert-OH is 1. The molecule has 0 aliphatic carbocycles. The number of ether oxygens (including phenoxy) is 1. The Morgan fingerprint density at radius 2 is 1.94 bits per heavy atom. The maximum atomic E-state index is 14.1. The topological polar surface area (TPSA) is 101 Å². The minimum Gasteiger partial charge on any atom is -0.497 e. The van der Waals surface area contributed by atoms with Gasteiger partial charge in [-0.3, -0.25) is 9.58 Å². The Labute approximate surface area is 182 Å². The maximum Gasteiger partial charge on any atom is 0.490 e. The minimum absolute atomic E-state index is 0.213. The number of hydrogen-bond donors (Lipinski definition) is 2. The number of carboxylic acids is 1. The molecule has 8 nitrogen and oxygen atoms in total. The van der Waals surface area contributed by atoms with Crippen LogP contribution in [0, 0.1) is 11.7 Å². The normalized spacial score (nSPS) is 16.2. The van der Waals surface area contributed by atoms with Crippen molar-refractivity contribution in [3.63, 3.8) is 0 Å². The lowest BCUT2D eigenvalue weighted by molar-refractivity contribution is -0.192. The third-order valence-corrected chi connectivity index (χ3v) is 5.03. The Morgan fingerprint density at radius 3 is 2.41 bits per heavy atom. The second kappa shape index (κ2) is 11.2. The van der Waals surface area contributed by atoms with E-state index < -0.39 is 18.2 Å². The number of hydrogen-bond acceptors (Lipinski definition) is 6. The van der Waals surface area contributed by atoms with Gasteiger partial charge in [0.05, 0.1) is 19.4 Å². The summed E-state index contributed by atoms with van der Waals surface area (Å²) in [6.07, 6.45) is -1.78. The third kappa shape index (κ3) is 7.75. The van der Waals surface area contributed by atoms with Crippen molar-refractivity contribution in [2.45, 2.75) is 45.1 Å². The molecule has 0 radical (unpaired) electrons. The fourth-order valence-corrected chi connectivity index (χ4v) is 3.21. The van der Waals surface area contributed by atoms with Gasteiger partial charge in [-0.15, -0.1) is 5.10 Å². The molecule has 178 valence electrons. The Hall–Kier alpha value is -2.73. The summed E-state index contributed by atoms with van der Waals surface area (Å²) < 4.78 is 52.7. The number of carbonyl (C=O) groups is 1. The van der Waals surface area contributed by atoms with E-state index in [4.69, 9.17) is 14.6 Å². The van der Waals surface area contributed by atoms with E-state index in [1.165, 1.54) is 6.07 Å². The number of aromatic nitrogens is 3. The van der Waals surface area contributed by atoms with Gasteiger partial charge in [-0.2, -0.15) is 13.2 Å². The Balaban J connectivity index is 0.000000451. The number of piperidine rings is 1. The van der Waals surface area contributed by atoms with Crippen molar-refractivity contribution in [3.05, 3.63) is 41.5 Å². The number of likely N-dealkylation sites (tertiary alicyclic amines) is 1. The average Bonchev–Trinajstić information content (AvgIpc) is 3.19. The smallest absolute Gasteiger partial charge is 0.490 e. The summed E-state index contributed by atoms with van der Waals surface area (Å²) in [5.74, 6) is -1.90. The van der Waals surface area contributed by atoms with Crippen LogP contribution in [-0.2, 0) is 17.9 Å². The molecule has 2 N–H and O–H groups in total. The molecule has 0 amide bonds. The van der Waals surface area contributed by atoms with Gasteiger partial charge in [-0.05, 0) is 44.8 Å². The summed E-state index contributed by atoms with van der Waals surface area (Å²) in [7, 11) is 1.54. The first-order valence-electron chi connectivity index (χ1n) is 9.92. The SMILES string of the molecule is COc1ccc(CN2CCC(Cn3cc(C(C)O)nn3)CC2)c(F)c1.O=C(O)C(F)(F)F. The third-order valence-electron chi connectivity index (χ3n) is 5.03. The maximum absolute atomic E-state index is 14.1. The first kappa shape index (κ1) is 25.5. The number of alkyl halides is 3. The van der Waals surface area contributed by atoms with Gasteiger partial charge in [0.1, 0.15) is 17.3 Å². The first-order chi connectivity index (χ1) is 15.0. The molecule has 0 bridgehead atoms. The quantitative estimate of drug-likeness (QED) is 0.637. The molecule has 3 rings (SSSR count). The standard InChI is InChI=1S/C18H25FN4O2.C2HF3O2/c1-13(24)18-12-23(21-20-18)10-14-5-7-22(8-6-14)11-15-3-4-16(25-2)9-17(15)19;3-2(4,5)1(6)7/h3-4,9,12-14,24H,5-8,10-11H2,1-2H3;(H,6,7). The van der Waals surface area contributed by atoms with E-state index in [0.29, 0.717) is 29.5 Å². The zero-order chi connectivity index (χ0) is 23.9. The van der Waals surface area contributed by atoms with Crippen LogP contribution in [0.4, 0.5) is 17.6 Å². The van der Waals surface area contributed by atoms with E-state index in [9.17, 15) is 22.7 Å². The highest BCUT2D eigenvalue weighted by molar-refractivity contribution is 5.73. The molecule has 0 spiro atoms. The summed E-state index contributed by atoms with van der Waals surface area (Å²) in [6.45, 7) is 5.00. The minimum atomic E-state index is -5.08. The Bertz CT molecular complexity index is 881. The number of aliphatic carboxylic acids is 1. The van der Waals surface area contributed by atoms with E-state index in [2.05, 4.69) is 15.2 Å². The zero-order valence-electron chi connectivity index (χ0n) is 17.7. The molecule has 1 aromatic carbocycles. The Morgan fingerprint density at radius 1 is 1.31 bits per heavy atom. The van der Waals surface area contributed by atoms with Crippen LogP contribution in [0.2, 0.25) is 0 Å². The van der Waals surface area contributed by atoms with Gasteiger partial charge in [0.15, 0.2) is 0 Å². The summed E-state index contributed by atoms with van der Waals surface area (Å²) in [5.41, 5.74) is 1.31. The molecule has 32 heavy (non-hydrogen) atoms. The molecule has 0 saturated carbocycles. The molecular formula is C20H26F4N4O4. The molecule has 1 atom stereocenters. The Kier molecular flexibility index (Phi) is 8.96. The first-order valence-corrected chi connectivity index (χ1v) is 9.92. The van der Waals surface area contributed by atoms with Gasteiger partial charge in [-0.1, -0.05) is 11.3 Å². The molecule has 12 heteroatoms. The van der Waals surface area contributed by atoms with Gasteiger partial charge in [0.2, 0.25) is 0 Å². The lowest BCUT2D eigenvalue weighted by Gasteiger charge is -2.31. The molecule has 1 fully saturated rings. The molecule has 1 unspecified atom stereocenters. The van der Waals surface area contributed by atoms with Crippen molar-refractivity contribution in [3.8, 4) is 5.75 Å². The van der Waals surface area contributed by atoms with Gasteiger partial charge in [0, 0.05) is 24.7 Å². The van der Waals surface area contributed by atoms with E-state index in [1.54, 1.807) is 26.2 Å². The largest absolute Gasteiger partial charge is 0.497 e. The fraction of sp³-hybridized carbons (Fsp3) is 0.550. The van der Waals surface area contributed by atoms with Crippen molar-refractivity contribution < 1.29 is 37.3 Å². The van der Waals surface area contributed by atoms with Crippen LogP contribution in [-0.4, -0.2) is 62.5 Å². The van der Waals surface area contributed by atoms with E-state index in [-0.39, 0.29) is 5.82 Å². The second-order valence-corrected chi connectivity index (χ2v) is 7.52. The molecular weight excluding hydrogens is 436 g/mol. The summed E-state index contributed by atoms with van der Waals surface area (Å²) in [4.78, 5) is 11.2. The number of rotatable bonds is 6. The number of aliphatic hydroxyl groups is 1. The summed E-state index contributed by atoms with van der Waals surface area (Å²) in [6, 6.07) is 5.04. The molecule has 1 aliphatic heterocycles. The van der Waals surface area contributed by atoms with Crippen LogP contribution < -0.4 is 4.74 Å². The fourth-order valence-electron chi connectivity index (χ4n) is 3.21. The number of halogens is 4. The van der Waals surface area contributed by atoms with Gasteiger partial charge in [-0.25, -0.2) is 9.18 Å². The van der Waals surface area contributed by atoms with Gasteiger partial charge in [0.25, 0.3) is 0 Å². The van der Waals surface area contributed by atoms with E-state index in [0.717, 1.165) is 32.5 Å². The lowest BCUT2D eigenvalue weighted by atomic mass is 9.96. The number of carboxylic acid groups (broad SMARTS) is 1. The van der Waals surface area contributed by atoms with Gasteiger partial charge < -0.3 is 14.9 Å². The molecule has 1 aromatic heterocycles. The highest BCUT2D eigenvalue weighted by atomic mass is 19.4. The van der Waals surface area contributed by atoms with Crippen molar-refractivity contribution in [1.82, 2.24) is 19.9 Å². The molecule has 2 aromatic rings. The van der Waals surface area contributed by atoms with E-state index >= 15 is 0 Å². The highest BCUT2D eigenvalue weighted by Gasteiger charge is 2.38. The van der Waals surface area contributed by atoms with Crippen molar-refractivity contribution in [2.24, 2.45) is 5.92 Å². The van der Waals surface area contributed by atoms with Crippen molar-refractivity contribution in [2.75, 3.05) is 20.2 Å². The monoisotopic (exact) mass is 462 g/mol. The van der Waals surface area contributed by atoms with Crippen molar-refractivity contribution in [1.29, 1.82) is 0 Å². The summed E-state index contributed by atoms with van der Waals surface area (Å²) in [5, 5.41) is 24.7. The summed E-state index contributed by atoms with van der Waals surface area (Å²) >= 11 is 0. The number of benzene rings is 1. The number of methoxy groups -OCH3 is 1. The van der Waals surface area contributed by atoms with Crippen LogP contribution in [0.3, 0.4) is 0 Å². The predicted octanol–water partition coefficient (Wildman–Crippen LogP) is 3.02. The number of nitrogens with zero attached hydrogens (tertiary/aromatic N) is 4. The highest BCUT2D eigenvalue weighted by Crippen LogP contribution is 2.23. The molecule has 2 heterocycles. The predicted molar refractivity (Wildman–Crippen MR) is 105 cm³/mol. The van der Waals surface area contributed by atoms with Crippen LogP contribution >= 0.6 is 0 Å². The van der Waals surface area contributed by atoms with Crippen molar-refractivity contribution >= 4 is 5.97 Å². The van der Waals surface area contributed by atoms with E-state index in [1.807, 2.05) is 10.9 Å². The second-order valence-electron chi connectivity index (χ2n) is 7.52. The van der Waals surface area contributed by atoms with Crippen LogP contribution in [0.25, 0.3) is 0 Å².